The number of nitrogens with one attached hydrogen (secondary N) is 3. The van der Waals surface area contributed by atoms with E-state index in [-0.39, 0.29) is 10.9 Å². The highest BCUT2D eigenvalue weighted by atomic mass is 35.5. The molecule has 3 aromatic rings. The zero-order valence-electron chi connectivity index (χ0n) is 15.3. The van der Waals surface area contributed by atoms with Gasteiger partial charge in [-0.1, -0.05) is 23.7 Å². The Labute approximate surface area is 171 Å². The molecular weight excluding hydrogens is 399 g/mol. The van der Waals surface area contributed by atoms with Gasteiger partial charge in [0.2, 0.25) is 0 Å². The molecule has 0 saturated carbocycles. The SMILES string of the molecule is O=C(C[NH+]1CC[NH+](Cc2nc3ccccc3s2)CC1)Nc1ccc(F)cc1Cl. The normalized spacial score (nSPS) is 19.6. The molecule has 28 heavy (non-hydrogen) atoms. The molecular formula is C20H22ClFN4OS+2. The van der Waals surface area contributed by atoms with Crippen molar-refractivity contribution in [2.75, 3.05) is 38.0 Å². The molecule has 1 aliphatic heterocycles. The molecule has 0 unspecified atom stereocenters. The molecule has 0 bridgehead atoms. The van der Waals surface area contributed by atoms with Crippen molar-refractivity contribution in [1.82, 2.24) is 4.98 Å². The molecule has 8 heteroatoms. The van der Waals surface area contributed by atoms with Gasteiger partial charge in [-0.25, -0.2) is 9.37 Å². The van der Waals surface area contributed by atoms with E-state index in [1.54, 1.807) is 11.3 Å². The summed E-state index contributed by atoms with van der Waals surface area (Å²) in [6.07, 6.45) is 0. The smallest absolute Gasteiger partial charge is 0.279 e. The Morgan fingerprint density at radius 1 is 1.14 bits per heavy atom. The first-order chi connectivity index (χ1) is 13.6. The largest absolute Gasteiger partial charge is 0.320 e. The molecule has 1 saturated heterocycles. The number of benzene rings is 2. The van der Waals surface area contributed by atoms with Crippen LogP contribution < -0.4 is 15.1 Å². The average Bonchev–Trinajstić information content (AvgIpc) is 3.08. The minimum atomic E-state index is -0.416. The first-order valence-corrected chi connectivity index (χ1v) is 10.5. The van der Waals surface area contributed by atoms with Crippen molar-refractivity contribution in [3.63, 3.8) is 0 Å². The van der Waals surface area contributed by atoms with Crippen molar-refractivity contribution < 1.29 is 19.0 Å². The molecule has 2 heterocycles. The number of carbonyl (C=O) groups excluding carboxylic acids is 1. The number of para-hydroxylation sites is 1. The molecule has 0 radical (unpaired) electrons. The lowest BCUT2D eigenvalue weighted by Crippen LogP contribution is -3.28. The summed E-state index contributed by atoms with van der Waals surface area (Å²) in [5.74, 6) is -0.515. The first-order valence-electron chi connectivity index (χ1n) is 9.33. The highest BCUT2D eigenvalue weighted by molar-refractivity contribution is 7.18. The fourth-order valence-corrected chi connectivity index (χ4v) is 4.79. The van der Waals surface area contributed by atoms with Crippen LogP contribution in [0.3, 0.4) is 0 Å². The number of nitrogens with zero attached hydrogens (tertiary/aromatic N) is 1. The van der Waals surface area contributed by atoms with Gasteiger partial charge in [-0.15, -0.1) is 11.3 Å². The molecule has 1 aliphatic rings. The maximum absolute atomic E-state index is 13.1. The number of aromatic nitrogens is 1. The Hall–Kier alpha value is -2.06. The van der Waals surface area contributed by atoms with Crippen LogP contribution in [0.4, 0.5) is 10.1 Å². The van der Waals surface area contributed by atoms with Crippen molar-refractivity contribution in [3.05, 3.63) is 58.3 Å². The van der Waals surface area contributed by atoms with Gasteiger partial charge in [0.15, 0.2) is 6.54 Å². The first kappa shape index (κ1) is 19.3. The molecule has 1 aromatic heterocycles. The molecule has 2 aromatic carbocycles. The number of hydrogen-bond donors (Lipinski definition) is 3. The standard InChI is InChI=1S/C20H20ClFN4OS/c21-15-11-14(22)5-6-16(15)23-19(27)12-25-7-9-26(10-8-25)13-20-24-17-3-1-2-4-18(17)28-20/h1-6,11H,7-10,12-13H2,(H,23,27)/p+2. The second-order valence-electron chi connectivity index (χ2n) is 7.10. The van der Waals surface area contributed by atoms with Crippen LogP contribution in [0.5, 0.6) is 0 Å². The fourth-order valence-electron chi connectivity index (χ4n) is 3.53. The van der Waals surface area contributed by atoms with Gasteiger partial charge in [-0.05, 0) is 30.3 Å². The summed E-state index contributed by atoms with van der Waals surface area (Å²) < 4.78 is 14.3. The number of anilines is 1. The van der Waals surface area contributed by atoms with Crippen LogP contribution in [-0.4, -0.2) is 43.6 Å². The van der Waals surface area contributed by atoms with Gasteiger partial charge < -0.3 is 15.1 Å². The van der Waals surface area contributed by atoms with Crippen LogP contribution in [-0.2, 0) is 11.3 Å². The third-order valence-electron chi connectivity index (χ3n) is 5.02. The van der Waals surface area contributed by atoms with E-state index in [4.69, 9.17) is 16.6 Å². The van der Waals surface area contributed by atoms with Crippen LogP contribution in [0.25, 0.3) is 10.2 Å². The van der Waals surface area contributed by atoms with E-state index in [1.807, 2.05) is 12.1 Å². The average molecular weight is 421 g/mol. The monoisotopic (exact) mass is 420 g/mol. The van der Waals surface area contributed by atoms with Gasteiger partial charge >= 0.3 is 0 Å². The Bertz CT molecular complexity index is 954. The van der Waals surface area contributed by atoms with Crippen LogP contribution >= 0.6 is 22.9 Å². The predicted molar refractivity (Wildman–Crippen MR) is 110 cm³/mol. The van der Waals surface area contributed by atoms with Crippen molar-refractivity contribution in [2.24, 2.45) is 0 Å². The lowest BCUT2D eigenvalue weighted by atomic mass is 10.3. The van der Waals surface area contributed by atoms with Gasteiger partial charge in [0, 0.05) is 0 Å². The lowest BCUT2D eigenvalue weighted by molar-refractivity contribution is -1.01. The molecule has 3 N–H and O–H groups in total. The number of piperazine rings is 1. The van der Waals surface area contributed by atoms with E-state index >= 15 is 0 Å². The number of halogens is 2. The third kappa shape index (κ3) is 4.67. The van der Waals surface area contributed by atoms with Gasteiger partial charge in [-0.2, -0.15) is 0 Å². The number of rotatable bonds is 5. The Kier molecular flexibility index (Phi) is 5.87. The van der Waals surface area contributed by atoms with E-state index < -0.39 is 5.82 Å². The molecule has 0 spiro atoms. The minimum Gasteiger partial charge on any atom is -0.320 e. The maximum Gasteiger partial charge on any atom is 0.279 e. The fraction of sp³-hybridized carbons (Fsp3) is 0.300. The van der Waals surface area contributed by atoms with E-state index in [2.05, 4.69) is 17.4 Å². The Balaban J connectivity index is 1.26. The molecule has 0 aliphatic carbocycles. The number of hydrogen-bond acceptors (Lipinski definition) is 3. The van der Waals surface area contributed by atoms with Crippen LogP contribution in [0.1, 0.15) is 5.01 Å². The van der Waals surface area contributed by atoms with Gasteiger partial charge in [-0.3, -0.25) is 4.79 Å². The summed E-state index contributed by atoms with van der Waals surface area (Å²) in [6.45, 7) is 5.22. The summed E-state index contributed by atoms with van der Waals surface area (Å²) in [5.41, 5.74) is 1.52. The highest BCUT2D eigenvalue weighted by Crippen LogP contribution is 2.22. The summed E-state index contributed by atoms with van der Waals surface area (Å²) in [4.78, 5) is 19.8. The van der Waals surface area contributed by atoms with Crippen LogP contribution in [0.15, 0.2) is 42.5 Å². The number of fused-ring (bicyclic) bond motifs is 1. The Morgan fingerprint density at radius 3 is 2.64 bits per heavy atom. The molecule has 0 atom stereocenters. The van der Waals surface area contributed by atoms with Crippen LogP contribution in [0.2, 0.25) is 5.02 Å². The van der Waals surface area contributed by atoms with Crippen molar-refractivity contribution in [1.29, 1.82) is 0 Å². The molecule has 146 valence electrons. The number of amides is 1. The minimum absolute atomic E-state index is 0.0990. The van der Waals surface area contributed by atoms with Gasteiger partial charge in [0.05, 0.1) is 20.9 Å². The second kappa shape index (κ2) is 8.53. The topological polar surface area (TPSA) is 50.9 Å². The summed E-state index contributed by atoms with van der Waals surface area (Å²) in [7, 11) is 0. The number of thiazole rings is 1. The lowest BCUT2D eigenvalue weighted by Gasteiger charge is -2.28. The van der Waals surface area contributed by atoms with E-state index in [9.17, 15) is 9.18 Å². The van der Waals surface area contributed by atoms with Crippen molar-refractivity contribution >= 4 is 44.7 Å². The molecule has 4 rings (SSSR count). The number of quaternary nitrogens is 2. The van der Waals surface area contributed by atoms with E-state index in [0.29, 0.717) is 12.2 Å². The summed E-state index contributed by atoms with van der Waals surface area (Å²) in [6, 6.07) is 12.2. The van der Waals surface area contributed by atoms with E-state index in [0.717, 1.165) is 38.2 Å². The van der Waals surface area contributed by atoms with Gasteiger partial charge in [0.25, 0.3) is 5.91 Å². The molecule has 1 fully saturated rings. The highest BCUT2D eigenvalue weighted by Gasteiger charge is 2.26. The zero-order valence-corrected chi connectivity index (χ0v) is 16.9. The predicted octanol–water partition coefficient (Wildman–Crippen LogP) is 1.01. The van der Waals surface area contributed by atoms with Gasteiger partial charge in [0.1, 0.15) is 43.5 Å². The second-order valence-corrected chi connectivity index (χ2v) is 8.62. The van der Waals surface area contributed by atoms with Crippen molar-refractivity contribution in [2.45, 2.75) is 6.54 Å². The third-order valence-corrected chi connectivity index (χ3v) is 6.37. The van der Waals surface area contributed by atoms with Crippen molar-refractivity contribution in [3.8, 4) is 0 Å². The quantitative estimate of drug-likeness (QED) is 0.577. The molecule has 1 amide bonds. The van der Waals surface area contributed by atoms with Crippen LogP contribution in [0, 0.1) is 5.82 Å². The summed E-state index contributed by atoms with van der Waals surface area (Å²) in [5, 5.41) is 4.16. The Morgan fingerprint density at radius 2 is 1.89 bits per heavy atom. The summed E-state index contributed by atoms with van der Waals surface area (Å²) >= 11 is 7.74. The number of carbonyl (C=O) groups is 1. The van der Waals surface area contributed by atoms with E-state index in [1.165, 1.54) is 37.7 Å². The molecule has 5 nitrogen and oxygen atoms in total. The zero-order chi connectivity index (χ0) is 19.5. The maximum atomic E-state index is 13.1.